The molecule has 0 saturated heterocycles. The molecule has 2 aromatic heterocycles. The lowest BCUT2D eigenvalue weighted by Crippen LogP contribution is -2.33. The minimum absolute atomic E-state index is 0.0617. The van der Waals surface area contributed by atoms with Crippen LogP contribution in [0.1, 0.15) is 23.2 Å². The van der Waals surface area contributed by atoms with E-state index in [0.29, 0.717) is 28.7 Å². The Hall–Kier alpha value is -3.84. The van der Waals surface area contributed by atoms with Crippen LogP contribution in [0, 0.1) is 5.92 Å². The summed E-state index contributed by atoms with van der Waals surface area (Å²) in [6.45, 7) is 0.684. The summed E-state index contributed by atoms with van der Waals surface area (Å²) in [6, 6.07) is 18.4. The van der Waals surface area contributed by atoms with Gasteiger partial charge in [0.2, 0.25) is 0 Å². The largest absolute Gasteiger partial charge is 0.453 e. The van der Waals surface area contributed by atoms with Crippen molar-refractivity contribution in [2.45, 2.75) is 12.8 Å². The van der Waals surface area contributed by atoms with Crippen LogP contribution in [0.4, 0.5) is 16.2 Å². The molecule has 34 heavy (non-hydrogen) atoms. The summed E-state index contributed by atoms with van der Waals surface area (Å²) in [5.74, 6) is 0.470. The summed E-state index contributed by atoms with van der Waals surface area (Å²) in [6.07, 6.45) is 5.36. The molecule has 1 fully saturated rings. The van der Waals surface area contributed by atoms with Gasteiger partial charge in [-0.25, -0.2) is 9.78 Å². The predicted molar refractivity (Wildman–Crippen MR) is 133 cm³/mol. The highest BCUT2D eigenvalue weighted by molar-refractivity contribution is 6.30. The number of benzene rings is 2. The van der Waals surface area contributed by atoms with Crippen molar-refractivity contribution in [2.24, 2.45) is 5.92 Å². The molecule has 8 heteroatoms. The Morgan fingerprint density at radius 2 is 1.82 bits per heavy atom. The van der Waals surface area contributed by atoms with Gasteiger partial charge in [-0.05, 0) is 67.3 Å². The third-order valence-electron chi connectivity index (χ3n) is 5.89. The molecule has 0 unspecified atom stereocenters. The summed E-state index contributed by atoms with van der Waals surface area (Å²) in [5.41, 5.74) is 4.52. The van der Waals surface area contributed by atoms with Crippen LogP contribution < -0.4 is 10.2 Å². The topological polar surface area (TPSA) is 75.9 Å². The van der Waals surface area contributed by atoms with Crippen LogP contribution in [-0.4, -0.2) is 35.0 Å². The molecule has 0 radical (unpaired) electrons. The minimum atomic E-state index is -0.526. The highest BCUT2D eigenvalue weighted by Gasteiger charge is 2.28. The number of carbonyl (C=O) groups excluding carboxylic acids is 2. The normalized spacial score (nSPS) is 13.0. The van der Waals surface area contributed by atoms with E-state index in [4.69, 9.17) is 11.6 Å². The number of hydrogen-bond acceptors (Lipinski definition) is 4. The number of aromatic nitrogens is 2. The van der Waals surface area contributed by atoms with E-state index < -0.39 is 6.09 Å². The summed E-state index contributed by atoms with van der Waals surface area (Å²) >= 11 is 6.06. The Morgan fingerprint density at radius 3 is 2.50 bits per heavy atom. The average Bonchev–Trinajstić information content (AvgIpc) is 3.59. The number of halogens is 1. The van der Waals surface area contributed by atoms with Gasteiger partial charge in [0.1, 0.15) is 5.65 Å². The highest BCUT2D eigenvalue weighted by atomic mass is 35.5. The maximum atomic E-state index is 13.6. The quantitative estimate of drug-likeness (QED) is 0.378. The van der Waals surface area contributed by atoms with E-state index in [9.17, 15) is 9.59 Å². The number of methoxy groups -OCH3 is 1. The van der Waals surface area contributed by atoms with Gasteiger partial charge >= 0.3 is 6.09 Å². The van der Waals surface area contributed by atoms with Crippen molar-refractivity contribution in [1.82, 2.24) is 9.38 Å². The number of pyridine rings is 1. The van der Waals surface area contributed by atoms with Crippen LogP contribution in [-0.2, 0) is 4.74 Å². The molecule has 2 amide bonds. The first-order valence-corrected chi connectivity index (χ1v) is 11.4. The van der Waals surface area contributed by atoms with Gasteiger partial charge in [-0.3, -0.25) is 14.5 Å². The molecule has 2 aromatic carbocycles. The second kappa shape index (κ2) is 9.19. The number of amides is 2. The van der Waals surface area contributed by atoms with E-state index in [0.717, 1.165) is 35.4 Å². The summed E-state index contributed by atoms with van der Waals surface area (Å²) in [7, 11) is 1.32. The molecule has 0 aliphatic heterocycles. The van der Waals surface area contributed by atoms with Crippen LogP contribution >= 0.6 is 11.6 Å². The van der Waals surface area contributed by atoms with Gasteiger partial charge in [0, 0.05) is 34.7 Å². The molecule has 0 bridgehead atoms. The number of ether oxygens (including phenoxy) is 1. The number of imidazole rings is 1. The van der Waals surface area contributed by atoms with Crippen LogP contribution in [0.2, 0.25) is 5.02 Å². The standard InChI is InChI=1S/C26H23ClN4O3/c1-34-26(33)29-21-9-4-18(5-10-21)23-14-28-24-13-6-19(16-31(23)24)25(32)30(15-17-2-3-17)22-11-7-20(27)8-12-22/h4-14,16-17H,2-3,15H2,1H3,(H,29,33). The molecule has 4 aromatic rings. The monoisotopic (exact) mass is 474 g/mol. The molecule has 1 saturated carbocycles. The Balaban J connectivity index is 1.46. The van der Waals surface area contributed by atoms with Gasteiger partial charge in [-0.2, -0.15) is 0 Å². The van der Waals surface area contributed by atoms with Crippen molar-refractivity contribution in [3.05, 3.63) is 83.6 Å². The zero-order chi connectivity index (χ0) is 23.7. The minimum Gasteiger partial charge on any atom is -0.453 e. The highest BCUT2D eigenvalue weighted by Crippen LogP contribution is 2.33. The van der Waals surface area contributed by atoms with Gasteiger partial charge in [0.15, 0.2) is 0 Å². The molecule has 1 aliphatic rings. The predicted octanol–water partition coefficient (Wildman–Crippen LogP) is 5.89. The number of nitrogens with zero attached hydrogens (tertiary/aromatic N) is 3. The number of carbonyl (C=O) groups is 2. The van der Waals surface area contributed by atoms with Crippen LogP contribution in [0.15, 0.2) is 73.1 Å². The zero-order valence-electron chi connectivity index (χ0n) is 18.6. The van der Waals surface area contributed by atoms with E-state index in [1.165, 1.54) is 7.11 Å². The fourth-order valence-corrected chi connectivity index (χ4v) is 3.98. The van der Waals surface area contributed by atoms with E-state index in [1.807, 2.05) is 51.9 Å². The van der Waals surface area contributed by atoms with Crippen molar-refractivity contribution < 1.29 is 14.3 Å². The first-order valence-electron chi connectivity index (χ1n) is 11.0. The van der Waals surface area contributed by atoms with Crippen molar-refractivity contribution >= 4 is 40.6 Å². The molecule has 1 N–H and O–H groups in total. The molecule has 5 rings (SSSR count). The van der Waals surface area contributed by atoms with E-state index >= 15 is 0 Å². The van der Waals surface area contributed by atoms with Gasteiger partial charge in [-0.15, -0.1) is 0 Å². The van der Waals surface area contributed by atoms with Crippen molar-refractivity contribution in [3.8, 4) is 11.3 Å². The second-order valence-corrected chi connectivity index (χ2v) is 8.76. The third kappa shape index (κ3) is 4.61. The molecule has 172 valence electrons. The Bertz CT molecular complexity index is 1340. The number of hydrogen-bond donors (Lipinski definition) is 1. The van der Waals surface area contributed by atoms with Crippen LogP contribution in [0.5, 0.6) is 0 Å². The fourth-order valence-electron chi connectivity index (χ4n) is 3.85. The Kier molecular flexibility index (Phi) is 5.94. The van der Waals surface area contributed by atoms with Crippen LogP contribution in [0.3, 0.4) is 0 Å². The van der Waals surface area contributed by atoms with Crippen molar-refractivity contribution in [1.29, 1.82) is 0 Å². The van der Waals surface area contributed by atoms with Gasteiger partial charge < -0.3 is 9.64 Å². The lowest BCUT2D eigenvalue weighted by Gasteiger charge is -2.23. The molecule has 0 spiro atoms. The number of anilines is 2. The van der Waals surface area contributed by atoms with E-state index in [1.54, 1.807) is 30.5 Å². The molecule has 7 nitrogen and oxygen atoms in total. The molecule has 0 atom stereocenters. The number of rotatable bonds is 6. The summed E-state index contributed by atoms with van der Waals surface area (Å²) in [4.78, 5) is 31.3. The lowest BCUT2D eigenvalue weighted by atomic mass is 10.1. The average molecular weight is 475 g/mol. The first-order chi connectivity index (χ1) is 16.5. The second-order valence-electron chi connectivity index (χ2n) is 8.32. The van der Waals surface area contributed by atoms with E-state index in [-0.39, 0.29) is 5.91 Å². The Labute approximate surface area is 201 Å². The maximum Gasteiger partial charge on any atom is 0.411 e. The van der Waals surface area contributed by atoms with Gasteiger partial charge in [-0.1, -0.05) is 23.7 Å². The summed E-state index contributed by atoms with van der Waals surface area (Å²) < 4.78 is 6.54. The molecule has 2 heterocycles. The third-order valence-corrected chi connectivity index (χ3v) is 6.14. The maximum absolute atomic E-state index is 13.6. The van der Waals surface area contributed by atoms with E-state index in [2.05, 4.69) is 15.0 Å². The first kappa shape index (κ1) is 22.0. The molecular formula is C26H23ClN4O3. The zero-order valence-corrected chi connectivity index (χ0v) is 19.3. The lowest BCUT2D eigenvalue weighted by molar-refractivity contribution is 0.0985. The van der Waals surface area contributed by atoms with Gasteiger partial charge in [0.05, 0.1) is 24.6 Å². The molecule has 1 aliphatic carbocycles. The number of nitrogens with one attached hydrogen (secondary N) is 1. The van der Waals surface area contributed by atoms with Crippen molar-refractivity contribution in [3.63, 3.8) is 0 Å². The fraction of sp³-hybridized carbons (Fsp3) is 0.192. The SMILES string of the molecule is COC(=O)Nc1ccc(-c2cnc3ccc(C(=O)N(CC4CC4)c4ccc(Cl)cc4)cn23)cc1. The smallest absolute Gasteiger partial charge is 0.411 e. The van der Waals surface area contributed by atoms with Gasteiger partial charge in [0.25, 0.3) is 5.91 Å². The molecular weight excluding hydrogens is 452 g/mol. The van der Waals surface area contributed by atoms with Crippen LogP contribution in [0.25, 0.3) is 16.9 Å². The Morgan fingerprint density at radius 1 is 1.09 bits per heavy atom. The number of fused-ring (bicyclic) bond motifs is 1. The summed E-state index contributed by atoms with van der Waals surface area (Å²) in [5, 5.41) is 3.27. The van der Waals surface area contributed by atoms with Crippen molar-refractivity contribution in [2.75, 3.05) is 23.9 Å².